The van der Waals surface area contributed by atoms with Crippen molar-refractivity contribution >= 4 is 29.7 Å². The third kappa shape index (κ3) is 10.1. The maximum atomic E-state index is 12.9. The molecule has 1 fully saturated rings. The number of primary amides is 1. The van der Waals surface area contributed by atoms with E-state index in [1.807, 2.05) is 13.8 Å². The van der Waals surface area contributed by atoms with Gasteiger partial charge in [0.2, 0.25) is 17.7 Å². The number of nitrogens with zero attached hydrogens (tertiary/aromatic N) is 1. The summed E-state index contributed by atoms with van der Waals surface area (Å²) < 4.78 is 5.04. The average Bonchev–Trinajstić information content (AvgIpc) is 3.16. The van der Waals surface area contributed by atoms with Crippen molar-refractivity contribution in [2.24, 2.45) is 17.4 Å². The van der Waals surface area contributed by atoms with E-state index in [-0.39, 0.29) is 24.7 Å². The van der Waals surface area contributed by atoms with Gasteiger partial charge in [0.1, 0.15) is 17.7 Å². The molecule has 12 heteroatoms. The Bertz CT molecular complexity index is 735. The lowest BCUT2D eigenvalue weighted by atomic mass is 10.0. The van der Waals surface area contributed by atoms with Gasteiger partial charge in [0.05, 0.1) is 6.04 Å². The molecule has 12 nitrogen and oxygen atoms in total. The molecule has 1 aliphatic heterocycles. The summed E-state index contributed by atoms with van der Waals surface area (Å²) in [4.78, 5) is 62.7. The van der Waals surface area contributed by atoms with Crippen LogP contribution in [-0.4, -0.2) is 64.9 Å². The highest BCUT2D eigenvalue weighted by Crippen LogP contribution is 2.20. The van der Waals surface area contributed by atoms with Gasteiger partial charge in [-0.1, -0.05) is 13.8 Å². The number of hydrogen-bond donors (Lipinski definition) is 5. The van der Waals surface area contributed by atoms with Crippen molar-refractivity contribution in [1.82, 2.24) is 21.1 Å². The molecule has 7 N–H and O–H groups in total. The lowest BCUT2D eigenvalue weighted by Gasteiger charge is -2.28. The van der Waals surface area contributed by atoms with E-state index in [1.165, 1.54) is 4.90 Å². The number of likely N-dealkylation sites (tertiary alicyclic amines) is 1. The summed E-state index contributed by atoms with van der Waals surface area (Å²) in [5.74, 6) is -2.05. The molecule has 33 heavy (non-hydrogen) atoms. The second-order valence-corrected chi connectivity index (χ2v) is 9.61. The van der Waals surface area contributed by atoms with Crippen LogP contribution in [0.3, 0.4) is 0 Å². The first-order valence-electron chi connectivity index (χ1n) is 11.1. The zero-order valence-electron chi connectivity index (χ0n) is 20.1. The zero-order chi connectivity index (χ0) is 25.3. The van der Waals surface area contributed by atoms with Crippen LogP contribution in [0.2, 0.25) is 0 Å². The molecule has 1 heterocycles. The van der Waals surface area contributed by atoms with Crippen LogP contribution in [0.5, 0.6) is 0 Å². The second kappa shape index (κ2) is 12.4. The van der Waals surface area contributed by atoms with Crippen molar-refractivity contribution in [2.45, 2.75) is 90.4 Å². The molecular formula is C21H38N6O6. The molecule has 0 saturated carbocycles. The van der Waals surface area contributed by atoms with Crippen LogP contribution in [0.15, 0.2) is 0 Å². The maximum absolute atomic E-state index is 12.9. The molecule has 0 radical (unpaired) electrons. The normalized spacial score (nSPS) is 17.8. The summed E-state index contributed by atoms with van der Waals surface area (Å²) in [5, 5.41) is 2.57. The van der Waals surface area contributed by atoms with E-state index in [0.29, 0.717) is 25.8 Å². The van der Waals surface area contributed by atoms with Crippen LogP contribution in [0, 0.1) is 5.92 Å². The van der Waals surface area contributed by atoms with Crippen molar-refractivity contribution < 1.29 is 28.7 Å². The number of nitrogens with one attached hydrogen (secondary N) is 3. The number of amides is 5. The molecule has 0 aromatic heterocycles. The molecule has 5 amide bonds. The highest BCUT2D eigenvalue weighted by molar-refractivity contribution is 5.94. The summed E-state index contributed by atoms with van der Waals surface area (Å²) in [6.45, 7) is 9.27. The first-order chi connectivity index (χ1) is 15.2. The molecule has 1 aliphatic rings. The first kappa shape index (κ1) is 28.1. The van der Waals surface area contributed by atoms with Crippen LogP contribution >= 0.6 is 0 Å². The van der Waals surface area contributed by atoms with E-state index >= 15 is 0 Å². The number of nitrogens with two attached hydrogens (primary N) is 2. The minimum Gasteiger partial charge on any atom is -0.443 e. The number of carbonyl (C=O) groups is 5. The SMILES string of the molecule is CC(C)C[C@H](N)C(=O)N1CCC[C@H]1C(=O)N[C@@H](CCC(N)=O)C(=O)NNC(=O)OC(C)(C)C. The molecule has 0 aromatic carbocycles. The predicted octanol–water partition coefficient (Wildman–Crippen LogP) is -0.343. The molecule has 0 unspecified atom stereocenters. The van der Waals surface area contributed by atoms with E-state index in [9.17, 15) is 24.0 Å². The number of ether oxygens (including phenoxy) is 1. The smallest absolute Gasteiger partial charge is 0.426 e. The second-order valence-electron chi connectivity index (χ2n) is 9.61. The van der Waals surface area contributed by atoms with Crippen LogP contribution in [-0.2, 0) is 23.9 Å². The maximum Gasteiger partial charge on any atom is 0.426 e. The molecule has 0 aromatic rings. The van der Waals surface area contributed by atoms with Crippen molar-refractivity contribution in [3.05, 3.63) is 0 Å². The third-order valence-corrected chi connectivity index (χ3v) is 4.88. The fourth-order valence-corrected chi connectivity index (χ4v) is 3.45. The molecular weight excluding hydrogens is 432 g/mol. The van der Waals surface area contributed by atoms with E-state index in [0.717, 1.165) is 0 Å². The zero-order valence-corrected chi connectivity index (χ0v) is 20.1. The largest absolute Gasteiger partial charge is 0.443 e. The Morgan fingerprint density at radius 3 is 2.30 bits per heavy atom. The predicted molar refractivity (Wildman–Crippen MR) is 120 cm³/mol. The van der Waals surface area contributed by atoms with Crippen LogP contribution in [0.25, 0.3) is 0 Å². The summed E-state index contributed by atoms with van der Waals surface area (Å²) in [6, 6.07) is -2.66. The number of carbonyl (C=O) groups excluding carboxylic acids is 5. The minimum atomic E-state index is -1.16. The van der Waals surface area contributed by atoms with Crippen LogP contribution < -0.4 is 27.6 Å². The van der Waals surface area contributed by atoms with Crippen LogP contribution in [0.1, 0.15) is 66.7 Å². The Hall–Kier alpha value is -2.89. The Kier molecular flexibility index (Phi) is 10.6. The summed E-state index contributed by atoms with van der Waals surface area (Å²) >= 11 is 0. The van der Waals surface area contributed by atoms with Gasteiger partial charge in [0.15, 0.2) is 0 Å². The lowest BCUT2D eigenvalue weighted by Crippen LogP contribution is -2.57. The van der Waals surface area contributed by atoms with Gasteiger partial charge >= 0.3 is 6.09 Å². The molecule has 3 atom stereocenters. The van der Waals surface area contributed by atoms with E-state index < -0.39 is 47.5 Å². The fourth-order valence-electron chi connectivity index (χ4n) is 3.45. The topological polar surface area (TPSA) is 186 Å². The van der Waals surface area contributed by atoms with Crippen molar-refractivity contribution in [2.75, 3.05) is 6.54 Å². The van der Waals surface area contributed by atoms with E-state index in [2.05, 4.69) is 16.2 Å². The molecule has 0 bridgehead atoms. The molecule has 188 valence electrons. The number of hydrazine groups is 1. The van der Waals surface area contributed by atoms with Gasteiger partial charge in [0, 0.05) is 13.0 Å². The van der Waals surface area contributed by atoms with Crippen molar-refractivity contribution in [3.8, 4) is 0 Å². The van der Waals surface area contributed by atoms with Crippen molar-refractivity contribution in [1.29, 1.82) is 0 Å². The molecule has 0 spiro atoms. The Balaban J connectivity index is 2.82. The quantitative estimate of drug-likeness (QED) is 0.285. The molecule has 1 saturated heterocycles. The Morgan fingerprint density at radius 1 is 1.12 bits per heavy atom. The third-order valence-electron chi connectivity index (χ3n) is 4.88. The highest BCUT2D eigenvalue weighted by atomic mass is 16.6. The van der Waals surface area contributed by atoms with Crippen molar-refractivity contribution in [3.63, 3.8) is 0 Å². The first-order valence-corrected chi connectivity index (χ1v) is 11.1. The molecule has 1 rings (SSSR count). The summed E-state index contributed by atoms with van der Waals surface area (Å²) in [5.41, 5.74) is 14.7. The Labute approximate surface area is 194 Å². The number of hydrogen-bond acceptors (Lipinski definition) is 7. The lowest BCUT2D eigenvalue weighted by molar-refractivity contribution is -0.140. The van der Waals surface area contributed by atoms with Gasteiger partial charge < -0.3 is 26.4 Å². The van der Waals surface area contributed by atoms with Gasteiger partial charge in [-0.15, -0.1) is 0 Å². The average molecular weight is 471 g/mol. The van der Waals surface area contributed by atoms with Gasteiger partial charge in [-0.3, -0.25) is 24.6 Å². The van der Waals surface area contributed by atoms with Gasteiger partial charge in [-0.2, -0.15) is 0 Å². The van der Waals surface area contributed by atoms with Gasteiger partial charge in [0.25, 0.3) is 5.91 Å². The minimum absolute atomic E-state index is 0.0869. The molecule has 0 aliphatic carbocycles. The van der Waals surface area contributed by atoms with Gasteiger partial charge in [-0.05, 0) is 52.4 Å². The van der Waals surface area contributed by atoms with E-state index in [1.54, 1.807) is 20.8 Å². The highest BCUT2D eigenvalue weighted by Gasteiger charge is 2.37. The Morgan fingerprint density at radius 2 is 1.76 bits per heavy atom. The van der Waals surface area contributed by atoms with Crippen LogP contribution in [0.4, 0.5) is 4.79 Å². The van der Waals surface area contributed by atoms with Gasteiger partial charge in [-0.25, -0.2) is 10.2 Å². The monoisotopic (exact) mass is 470 g/mol. The number of rotatable bonds is 9. The standard InChI is InChI=1S/C21H38N6O6/c1-12(2)11-13(22)19(31)27-10-6-7-15(27)18(30)24-14(8-9-16(23)28)17(29)25-26-20(32)33-21(3,4)5/h12-15H,6-11,22H2,1-5H3,(H2,23,28)(H,24,30)(H,25,29)(H,26,32)/t13-,14-,15-/m0/s1. The fraction of sp³-hybridized carbons (Fsp3) is 0.762. The summed E-state index contributed by atoms with van der Waals surface area (Å²) in [7, 11) is 0. The van der Waals surface area contributed by atoms with E-state index in [4.69, 9.17) is 16.2 Å². The summed E-state index contributed by atoms with van der Waals surface area (Å²) in [6.07, 6.45) is 0.392.